The molecule has 0 saturated carbocycles. The van der Waals surface area contributed by atoms with Crippen LogP contribution in [0.25, 0.3) is 11.0 Å². The Balaban J connectivity index is 1.37. The van der Waals surface area contributed by atoms with Gasteiger partial charge in [-0.25, -0.2) is 4.98 Å². The highest BCUT2D eigenvalue weighted by molar-refractivity contribution is 5.78. The Morgan fingerprint density at radius 3 is 2.93 bits per heavy atom. The lowest BCUT2D eigenvalue weighted by atomic mass is 10.2. The molecule has 0 aliphatic carbocycles. The molecule has 0 unspecified atom stereocenters. The number of aliphatic hydroxyl groups excluding tert-OH is 2. The smallest absolute Gasteiger partial charge is 0.231 e. The summed E-state index contributed by atoms with van der Waals surface area (Å²) >= 11 is 0. The summed E-state index contributed by atoms with van der Waals surface area (Å²) in [4.78, 5) is 4.53. The van der Waals surface area contributed by atoms with E-state index in [0.717, 1.165) is 22.3 Å². The van der Waals surface area contributed by atoms with Gasteiger partial charge in [-0.15, -0.1) is 0 Å². The lowest BCUT2D eigenvalue weighted by molar-refractivity contribution is 0.0211. The van der Waals surface area contributed by atoms with Crippen LogP contribution in [0.4, 0.5) is 5.95 Å². The first kappa shape index (κ1) is 18.5. The molecular formula is C20H23N3O5. The Kier molecular flexibility index (Phi) is 5.61. The lowest BCUT2D eigenvalue weighted by Crippen LogP contribution is -2.23. The summed E-state index contributed by atoms with van der Waals surface area (Å²) in [6.45, 7) is 1.51. The number of fused-ring (bicyclic) bond motifs is 2. The molecule has 4 rings (SSSR count). The van der Waals surface area contributed by atoms with Crippen LogP contribution >= 0.6 is 0 Å². The number of para-hydroxylation sites is 2. The maximum Gasteiger partial charge on any atom is 0.231 e. The van der Waals surface area contributed by atoms with Crippen molar-refractivity contribution >= 4 is 17.0 Å². The van der Waals surface area contributed by atoms with E-state index >= 15 is 0 Å². The quantitative estimate of drug-likeness (QED) is 0.516. The summed E-state index contributed by atoms with van der Waals surface area (Å²) in [6.07, 6.45) is -0.707. The minimum atomic E-state index is -0.707. The van der Waals surface area contributed by atoms with Crippen molar-refractivity contribution < 1.29 is 24.4 Å². The largest absolute Gasteiger partial charge is 0.454 e. The first-order valence-electron chi connectivity index (χ1n) is 9.19. The van der Waals surface area contributed by atoms with E-state index in [9.17, 15) is 5.11 Å². The van der Waals surface area contributed by atoms with Gasteiger partial charge >= 0.3 is 0 Å². The molecule has 0 spiro atoms. The van der Waals surface area contributed by atoms with Crippen LogP contribution < -0.4 is 14.8 Å². The van der Waals surface area contributed by atoms with Crippen molar-refractivity contribution in [1.82, 2.24) is 9.55 Å². The number of rotatable bonds is 9. The highest BCUT2D eigenvalue weighted by atomic mass is 16.7. The molecule has 0 amide bonds. The molecule has 1 aliphatic heterocycles. The van der Waals surface area contributed by atoms with E-state index in [1.54, 1.807) is 0 Å². The molecule has 1 atom stereocenters. The first-order valence-corrected chi connectivity index (χ1v) is 9.19. The third-order valence-corrected chi connectivity index (χ3v) is 4.46. The number of nitrogens with zero attached hydrogens (tertiary/aromatic N) is 2. The third kappa shape index (κ3) is 4.04. The molecule has 148 valence electrons. The Morgan fingerprint density at radius 2 is 2.04 bits per heavy atom. The van der Waals surface area contributed by atoms with Crippen molar-refractivity contribution in [2.24, 2.45) is 0 Å². The Bertz CT molecular complexity index is 943. The van der Waals surface area contributed by atoms with Crippen molar-refractivity contribution in [3.05, 3.63) is 48.0 Å². The summed E-state index contributed by atoms with van der Waals surface area (Å²) in [5.74, 6) is 2.06. The molecule has 1 aromatic heterocycles. The van der Waals surface area contributed by atoms with E-state index in [1.807, 2.05) is 47.0 Å². The van der Waals surface area contributed by atoms with Gasteiger partial charge in [0.25, 0.3) is 0 Å². The van der Waals surface area contributed by atoms with Gasteiger partial charge in [0.05, 0.1) is 43.5 Å². The average molecular weight is 385 g/mol. The van der Waals surface area contributed by atoms with Gasteiger partial charge < -0.3 is 34.3 Å². The summed E-state index contributed by atoms with van der Waals surface area (Å²) < 4.78 is 18.2. The third-order valence-electron chi connectivity index (χ3n) is 4.46. The number of aromatic nitrogens is 2. The molecule has 8 heteroatoms. The summed E-state index contributed by atoms with van der Waals surface area (Å²) in [5.41, 5.74) is 2.70. The fourth-order valence-corrected chi connectivity index (χ4v) is 3.17. The van der Waals surface area contributed by atoms with Crippen molar-refractivity contribution in [1.29, 1.82) is 0 Å². The molecule has 28 heavy (non-hydrogen) atoms. The predicted octanol–water partition coefficient (Wildman–Crippen LogP) is 1.75. The highest BCUT2D eigenvalue weighted by Gasteiger charge is 2.15. The van der Waals surface area contributed by atoms with Crippen molar-refractivity contribution in [2.75, 3.05) is 31.9 Å². The zero-order chi connectivity index (χ0) is 19.3. The van der Waals surface area contributed by atoms with Gasteiger partial charge in [-0.05, 0) is 29.8 Å². The normalized spacial score (nSPS) is 13.8. The summed E-state index contributed by atoms with van der Waals surface area (Å²) in [5, 5.41) is 22.6. The number of anilines is 1. The zero-order valence-electron chi connectivity index (χ0n) is 15.4. The van der Waals surface area contributed by atoms with E-state index in [0.29, 0.717) is 31.4 Å². The Labute approximate surface area is 162 Å². The van der Waals surface area contributed by atoms with Crippen LogP contribution in [0.1, 0.15) is 5.56 Å². The fourth-order valence-electron chi connectivity index (χ4n) is 3.17. The van der Waals surface area contributed by atoms with Crippen molar-refractivity contribution in [3.63, 3.8) is 0 Å². The number of hydrogen-bond acceptors (Lipinski definition) is 7. The molecule has 0 fully saturated rings. The number of ether oxygens (including phenoxy) is 3. The molecule has 1 aliphatic rings. The Hall–Kier alpha value is -2.81. The Morgan fingerprint density at radius 1 is 1.18 bits per heavy atom. The number of imidazole rings is 1. The maximum absolute atomic E-state index is 10.5. The average Bonchev–Trinajstić information content (AvgIpc) is 3.31. The highest BCUT2D eigenvalue weighted by Crippen LogP contribution is 2.32. The monoisotopic (exact) mass is 385 g/mol. The summed E-state index contributed by atoms with van der Waals surface area (Å²) in [6, 6.07) is 13.4. The van der Waals surface area contributed by atoms with Gasteiger partial charge in [0.2, 0.25) is 12.7 Å². The predicted molar refractivity (Wildman–Crippen MR) is 104 cm³/mol. The summed E-state index contributed by atoms with van der Waals surface area (Å²) in [7, 11) is 0. The van der Waals surface area contributed by atoms with Crippen LogP contribution in [0.15, 0.2) is 42.5 Å². The van der Waals surface area contributed by atoms with Gasteiger partial charge in [0, 0.05) is 6.54 Å². The molecule has 2 heterocycles. The zero-order valence-corrected chi connectivity index (χ0v) is 15.4. The van der Waals surface area contributed by atoms with Crippen LogP contribution in [-0.4, -0.2) is 52.4 Å². The van der Waals surface area contributed by atoms with Gasteiger partial charge in [0.1, 0.15) is 0 Å². The van der Waals surface area contributed by atoms with Crippen LogP contribution in [0.2, 0.25) is 0 Å². The molecule has 0 radical (unpaired) electrons. The molecule has 3 N–H and O–H groups in total. The molecule has 0 saturated heterocycles. The second-order valence-corrected chi connectivity index (χ2v) is 6.54. The number of nitrogens with one attached hydrogen (secondary N) is 1. The van der Waals surface area contributed by atoms with Gasteiger partial charge in [-0.1, -0.05) is 18.2 Å². The second-order valence-electron chi connectivity index (χ2n) is 6.54. The van der Waals surface area contributed by atoms with E-state index in [1.165, 1.54) is 0 Å². The van der Waals surface area contributed by atoms with Crippen LogP contribution in [-0.2, 0) is 17.9 Å². The molecular weight excluding hydrogens is 362 g/mol. The molecule has 2 aromatic carbocycles. The first-order chi connectivity index (χ1) is 13.7. The van der Waals surface area contributed by atoms with E-state index in [-0.39, 0.29) is 20.0 Å². The van der Waals surface area contributed by atoms with Crippen LogP contribution in [0.5, 0.6) is 11.5 Å². The van der Waals surface area contributed by atoms with Gasteiger partial charge in [-0.3, -0.25) is 0 Å². The molecule has 3 aromatic rings. The van der Waals surface area contributed by atoms with E-state index in [4.69, 9.17) is 19.3 Å². The van der Waals surface area contributed by atoms with Gasteiger partial charge in [-0.2, -0.15) is 0 Å². The topological polar surface area (TPSA) is 98.0 Å². The van der Waals surface area contributed by atoms with E-state index < -0.39 is 6.10 Å². The standard InChI is InChI=1S/C20H23N3O5/c24-8-7-21-20-22-16-3-1-2-4-17(16)23(20)10-15(25)12-26-11-14-5-6-18-19(9-14)28-13-27-18/h1-6,9,15,24-25H,7-8,10-13H2,(H,21,22)/t15-/m0/s1. The minimum absolute atomic E-state index is 0.00437. The lowest BCUT2D eigenvalue weighted by Gasteiger charge is -2.15. The van der Waals surface area contributed by atoms with Gasteiger partial charge in [0.15, 0.2) is 11.5 Å². The maximum atomic E-state index is 10.5. The minimum Gasteiger partial charge on any atom is -0.454 e. The van der Waals surface area contributed by atoms with Crippen molar-refractivity contribution in [3.8, 4) is 11.5 Å². The number of hydrogen-bond donors (Lipinski definition) is 3. The molecule has 0 bridgehead atoms. The van der Waals surface area contributed by atoms with Crippen LogP contribution in [0, 0.1) is 0 Å². The van der Waals surface area contributed by atoms with E-state index in [2.05, 4.69) is 10.3 Å². The number of aliphatic hydroxyl groups is 2. The molecule has 8 nitrogen and oxygen atoms in total. The van der Waals surface area contributed by atoms with Crippen molar-refractivity contribution in [2.45, 2.75) is 19.3 Å². The fraction of sp³-hybridized carbons (Fsp3) is 0.350. The SMILES string of the molecule is OCCNc1nc2ccccc2n1C[C@H](O)COCc1ccc2c(c1)OCO2. The van der Waals surface area contributed by atoms with Crippen LogP contribution in [0.3, 0.4) is 0 Å². The second kappa shape index (κ2) is 8.47. The number of benzene rings is 2.